The van der Waals surface area contributed by atoms with Crippen LogP contribution in [0.5, 0.6) is 5.75 Å². The molecule has 186 valence electrons. The van der Waals surface area contributed by atoms with Crippen molar-refractivity contribution >= 4 is 39.1 Å². The molecule has 0 radical (unpaired) electrons. The predicted octanol–water partition coefficient (Wildman–Crippen LogP) is 5.17. The van der Waals surface area contributed by atoms with E-state index in [0.29, 0.717) is 0 Å². The first-order chi connectivity index (χ1) is 17.8. The maximum atomic E-state index is 13.1. The second-order valence-corrected chi connectivity index (χ2v) is 11.3. The van der Waals surface area contributed by atoms with Crippen LogP contribution in [-0.4, -0.2) is 27.3 Å². The van der Waals surface area contributed by atoms with Gasteiger partial charge in [0, 0.05) is 21.9 Å². The Morgan fingerprint density at radius 2 is 1.68 bits per heavy atom. The lowest BCUT2D eigenvalue weighted by atomic mass is 10.1. The number of hydrogen-bond acceptors (Lipinski definition) is 6. The van der Waals surface area contributed by atoms with Crippen molar-refractivity contribution in [2.75, 3.05) is 12.4 Å². The molecule has 4 aromatic carbocycles. The first-order valence-electron chi connectivity index (χ1n) is 11.3. The SMILES string of the molecule is COc1ccc(Sc2cccc(CNC(=O)c3ccc4c(c3)NC(=O)c3ccccc3S4(=O)=O)c2)cc1. The molecular formula is C28H22N2O5S2. The standard InChI is InChI=1S/C28H22N2O5S2/c1-35-20-10-12-21(13-11-20)36-22-6-4-5-18(15-22)17-29-27(31)19-9-14-26-24(16-19)30-28(32)23-7-2-3-8-25(23)37(26,33)34/h2-16H,17H2,1H3,(H,29,31)(H,30,32). The summed E-state index contributed by atoms with van der Waals surface area (Å²) in [6.07, 6.45) is 0. The Labute approximate surface area is 218 Å². The average Bonchev–Trinajstić information content (AvgIpc) is 3.00. The van der Waals surface area contributed by atoms with Gasteiger partial charge < -0.3 is 15.4 Å². The third kappa shape index (κ3) is 5.09. The van der Waals surface area contributed by atoms with E-state index in [1.165, 1.54) is 30.3 Å². The third-order valence-corrected chi connectivity index (χ3v) is 8.71. The molecule has 0 atom stereocenters. The minimum absolute atomic E-state index is 0.0504. The first kappa shape index (κ1) is 24.6. The van der Waals surface area contributed by atoms with Gasteiger partial charge >= 0.3 is 0 Å². The van der Waals surface area contributed by atoms with Gasteiger partial charge in [-0.15, -0.1) is 0 Å². The molecule has 37 heavy (non-hydrogen) atoms. The van der Waals surface area contributed by atoms with E-state index in [1.807, 2.05) is 48.5 Å². The molecule has 9 heteroatoms. The van der Waals surface area contributed by atoms with E-state index in [-0.39, 0.29) is 39.1 Å². The highest BCUT2D eigenvalue weighted by Gasteiger charge is 2.31. The molecule has 0 fully saturated rings. The van der Waals surface area contributed by atoms with Gasteiger partial charge in [-0.3, -0.25) is 9.59 Å². The van der Waals surface area contributed by atoms with Gasteiger partial charge in [-0.1, -0.05) is 36.0 Å². The lowest BCUT2D eigenvalue weighted by molar-refractivity contribution is 0.0949. The van der Waals surface area contributed by atoms with Crippen molar-refractivity contribution in [2.45, 2.75) is 26.1 Å². The largest absolute Gasteiger partial charge is 0.497 e. The van der Waals surface area contributed by atoms with Gasteiger partial charge in [-0.25, -0.2) is 8.42 Å². The second-order valence-electron chi connectivity index (χ2n) is 8.27. The maximum absolute atomic E-state index is 13.1. The van der Waals surface area contributed by atoms with Crippen molar-refractivity contribution < 1.29 is 22.7 Å². The quantitative estimate of drug-likeness (QED) is 0.356. The van der Waals surface area contributed by atoms with E-state index in [1.54, 1.807) is 31.0 Å². The summed E-state index contributed by atoms with van der Waals surface area (Å²) in [6, 6.07) is 25.8. The molecule has 2 N–H and O–H groups in total. The number of fused-ring (bicyclic) bond motifs is 2. The molecule has 0 saturated carbocycles. The maximum Gasteiger partial charge on any atom is 0.257 e. The Hall–Kier alpha value is -4.08. The zero-order valence-corrected chi connectivity index (χ0v) is 21.4. The van der Waals surface area contributed by atoms with Crippen LogP contribution in [-0.2, 0) is 16.4 Å². The number of sulfone groups is 1. The van der Waals surface area contributed by atoms with Gasteiger partial charge in [0.15, 0.2) is 0 Å². The fourth-order valence-corrected chi connectivity index (χ4v) is 6.48. The zero-order chi connectivity index (χ0) is 26.0. The smallest absolute Gasteiger partial charge is 0.257 e. The lowest BCUT2D eigenvalue weighted by Gasteiger charge is -2.11. The van der Waals surface area contributed by atoms with Crippen LogP contribution in [0.1, 0.15) is 26.3 Å². The van der Waals surface area contributed by atoms with E-state index in [9.17, 15) is 18.0 Å². The van der Waals surface area contributed by atoms with E-state index in [2.05, 4.69) is 10.6 Å². The highest BCUT2D eigenvalue weighted by molar-refractivity contribution is 7.99. The minimum Gasteiger partial charge on any atom is -0.497 e. The molecule has 0 bridgehead atoms. The first-order valence-corrected chi connectivity index (χ1v) is 13.6. The Morgan fingerprint density at radius 3 is 2.46 bits per heavy atom. The molecule has 0 spiro atoms. The monoisotopic (exact) mass is 530 g/mol. The minimum atomic E-state index is -3.93. The number of anilines is 1. The van der Waals surface area contributed by atoms with Crippen LogP contribution >= 0.6 is 11.8 Å². The molecule has 1 aliphatic rings. The van der Waals surface area contributed by atoms with Gasteiger partial charge in [0.05, 0.1) is 28.2 Å². The van der Waals surface area contributed by atoms with Gasteiger partial charge in [-0.05, 0) is 72.3 Å². The van der Waals surface area contributed by atoms with Gasteiger partial charge in [-0.2, -0.15) is 0 Å². The molecule has 0 aromatic heterocycles. The topological polar surface area (TPSA) is 102 Å². The van der Waals surface area contributed by atoms with Crippen LogP contribution in [0, 0.1) is 0 Å². The summed E-state index contributed by atoms with van der Waals surface area (Å²) in [5, 5.41) is 5.50. The number of carbonyl (C=O) groups is 2. The summed E-state index contributed by atoms with van der Waals surface area (Å²) >= 11 is 1.60. The number of methoxy groups -OCH3 is 1. The van der Waals surface area contributed by atoms with Gasteiger partial charge in [0.1, 0.15) is 5.75 Å². The van der Waals surface area contributed by atoms with E-state index >= 15 is 0 Å². The Bertz CT molecular complexity index is 1620. The fraction of sp³-hybridized carbons (Fsp3) is 0.0714. The molecule has 0 aliphatic carbocycles. The summed E-state index contributed by atoms with van der Waals surface area (Å²) < 4.78 is 31.5. The number of hydrogen-bond donors (Lipinski definition) is 2. The second kappa shape index (κ2) is 10.1. The van der Waals surface area contributed by atoms with Crippen molar-refractivity contribution in [1.29, 1.82) is 0 Å². The van der Waals surface area contributed by atoms with Crippen molar-refractivity contribution in [3.63, 3.8) is 0 Å². The molecule has 2 amide bonds. The summed E-state index contributed by atoms with van der Waals surface area (Å²) in [4.78, 5) is 27.5. The van der Waals surface area contributed by atoms with Crippen LogP contribution in [0.15, 0.2) is 111 Å². The summed E-state index contributed by atoms with van der Waals surface area (Å²) in [7, 11) is -2.30. The molecular weight excluding hydrogens is 508 g/mol. The highest BCUT2D eigenvalue weighted by Crippen LogP contribution is 2.34. The summed E-state index contributed by atoms with van der Waals surface area (Å²) in [5.74, 6) is -0.133. The Kier molecular flexibility index (Phi) is 6.73. The average molecular weight is 531 g/mol. The van der Waals surface area contributed by atoms with Crippen LogP contribution in [0.2, 0.25) is 0 Å². The zero-order valence-electron chi connectivity index (χ0n) is 19.7. The van der Waals surface area contributed by atoms with E-state index in [4.69, 9.17) is 4.74 Å². The third-order valence-electron chi connectivity index (χ3n) is 5.85. The lowest BCUT2D eigenvalue weighted by Crippen LogP contribution is -2.23. The molecule has 1 aliphatic heterocycles. The fourth-order valence-electron chi connectivity index (χ4n) is 3.98. The van der Waals surface area contributed by atoms with Crippen molar-refractivity contribution in [2.24, 2.45) is 0 Å². The molecule has 1 heterocycles. The molecule has 0 unspecified atom stereocenters. The molecule has 0 saturated heterocycles. The summed E-state index contributed by atoms with van der Waals surface area (Å²) in [6.45, 7) is 0.281. The van der Waals surface area contributed by atoms with Crippen molar-refractivity contribution in [3.05, 3.63) is 108 Å². The molecule has 7 nitrogen and oxygen atoms in total. The van der Waals surface area contributed by atoms with Crippen LogP contribution < -0.4 is 15.4 Å². The van der Waals surface area contributed by atoms with Crippen LogP contribution in [0.3, 0.4) is 0 Å². The van der Waals surface area contributed by atoms with E-state index < -0.39 is 15.7 Å². The molecule has 5 rings (SSSR count). The van der Waals surface area contributed by atoms with E-state index in [0.717, 1.165) is 21.1 Å². The van der Waals surface area contributed by atoms with Crippen molar-refractivity contribution in [1.82, 2.24) is 5.32 Å². The van der Waals surface area contributed by atoms with Crippen LogP contribution in [0.25, 0.3) is 0 Å². The van der Waals surface area contributed by atoms with Crippen LogP contribution in [0.4, 0.5) is 5.69 Å². The van der Waals surface area contributed by atoms with Gasteiger partial charge in [0.25, 0.3) is 11.8 Å². The number of nitrogens with one attached hydrogen (secondary N) is 2. The number of amides is 2. The Balaban J connectivity index is 1.31. The number of carbonyl (C=O) groups excluding carboxylic acids is 2. The number of ether oxygens (including phenoxy) is 1. The number of benzene rings is 4. The normalized spacial score (nSPS) is 13.5. The highest BCUT2D eigenvalue weighted by atomic mass is 32.2. The summed E-state index contributed by atoms with van der Waals surface area (Å²) in [5.41, 5.74) is 1.29. The Morgan fingerprint density at radius 1 is 0.892 bits per heavy atom. The molecule has 4 aromatic rings. The van der Waals surface area contributed by atoms with Gasteiger partial charge in [0.2, 0.25) is 9.84 Å². The van der Waals surface area contributed by atoms with Crippen molar-refractivity contribution in [3.8, 4) is 5.75 Å². The number of rotatable bonds is 6. The predicted molar refractivity (Wildman–Crippen MR) is 141 cm³/mol.